The third-order valence-electron chi connectivity index (χ3n) is 2.55. The molecule has 0 fully saturated rings. The van der Waals surface area contributed by atoms with E-state index < -0.39 is 10.0 Å². The summed E-state index contributed by atoms with van der Waals surface area (Å²) in [6.07, 6.45) is 0. The van der Waals surface area contributed by atoms with Gasteiger partial charge in [0.25, 0.3) is 0 Å². The Morgan fingerprint density at radius 2 is 2.11 bits per heavy atom. The Balaban J connectivity index is 2.87. The molecule has 0 radical (unpaired) electrons. The smallest absolute Gasteiger partial charge is 0.240 e. The van der Waals surface area contributed by atoms with E-state index in [2.05, 4.69) is 10.0 Å². The highest BCUT2D eigenvalue weighted by Crippen LogP contribution is 2.22. The SMILES string of the molecule is CNS(=O)(=O)c1ccc(NCC(C)CO)c(N)c1. The van der Waals surface area contributed by atoms with Crippen molar-refractivity contribution in [2.75, 3.05) is 31.2 Å². The molecule has 0 spiro atoms. The Morgan fingerprint density at radius 3 is 2.61 bits per heavy atom. The molecule has 0 saturated heterocycles. The normalized spacial score (nSPS) is 13.3. The molecule has 102 valence electrons. The highest BCUT2D eigenvalue weighted by atomic mass is 32.2. The number of sulfonamides is 1. The number of nitrogens with two attached hydrogens (primary N) is 1. The van der Waals surface area contributed by atoms with Crippen LogP contribution in [0.4, 0.5) is 11.4 Å². The standard InChI is InChI=1S/C11H19N3O3S/c1-8(7-15)6-14-11-4-3-9(5-10(11)12)18(16,17)13-2/h3-5,8,13-15H,6-7,12H2,1-2H3. The lowest BCUT2D eigenvalue weighted by Gasteiger charge is -2.13. The molecule has 7 heteroatoms. The van der Waals surface area contributed by atoms with Crippen LogP contribution in [0.15, 0.2) is 23.1 Å². The molecule has 18 heavy (non-hydrogen) atoms. The van der Waals surface area contributed by atoms with Gasteiger partial charge in [-0.2, -0.15) is 0 Å². The van der Waals surface area contributed by atoms with Gasteiger partial charge >= 0.3 is 0 Å². The third kappa shape index (κ3) is 3.59. The molecular formula is C11H19N3O3S. The van der Waals surface area contributed by atoms with Crippen LogP contribution in [-0.4, -0.2) is 33.7 Å². The Labute approximate surface area is 107 Å². The van der Waals surface area contributed by atoms with Crippen molar-refractivity contribution in [3.63, 3.8) is 0 Å². The van der Waals surface area contributed by atoms with Crippen molar-refractivity contribution in [1.29, 1.82) is 0 Å². The van der Waals surface area contributed by atoms with Gasteiger partial charge in [-0.05, 0) is 31.2 Å². The number of benzene rings is 1. The summed E-state index contributed by atoms with van der Waals surface area (Å²) < 4.78 is 25.3. The first kappa shape index (κ1) is 14.7. The molecule has 0 aromatic heterocycles. The van der Waals surface area contributed by atoms with E-state index >= 15 is 0 Å². The summed E-state index contributed by atoms with van der Waals surface area (Å²) in [6.45, 7) is 2.54. The Bertz CT molecular complexity index is 502. The summed E-state index contributed by atoms with van der Waals surface area (Å²) >= 11 is 0. The molecule has 5 N–H and O–H groups in total. The minimum Gasteiger partial charge on any atom is -0.397 e. The van der Waals surface area contributed by atoms with Crippen LogP contribution in [-0.2, 0) is 10.0 Å². The van der Waals surface area contributed by atoms with Gasteiger partial charge < -0.3 is 16.2 Å². The summed E-state index contributed by atoms with van der Waals surface area (Å²) in [7, 11) is -2.12. The number of nitrogen functional groups attached to an aromatic ring is 1. The minimum atomic E-state index is -3.47. The Morgan fingerprint density at radius 1 is 1.44 bits per heavy atom. The predicted octanol–water partition coefficient (Wildman–Crippen LogP) is 0.217. The molecule has 1 rings (SSSR count). The largest absolute Gasteiger partial charge is 0.397 e. The Kier molecular flexibility index (Phi) is 4.94. The van der Waals surface area contributed by atoms with Gasteiger partial charge in [0.05, 0.1) is 16.3 Å². The fraction of sp³-hybridized carbons (Fsp3) is 0.455. The van der Waals surface area contributed by atoms with Crippen LogP contribution < -0.4 is 15.8 Å². The van der Waals surface area contributed by atoms with Gasteiger partial charge in [-0.3, -0.25) is 0 Å². The molecule has 0 amide bonds. The van der Waals surface area contributed by atoms with Gasteiger partial charge in [0.15, 0.2) is 0 Å². The summed E-state index contributed by atoms with van der Waals surface area (Å²) in [5, 5.41) is 12.0. The van der Waals surface area contributed by atoms with E-state index in [9.17, 15) is 8.42 Å². The molecule has 0 aliphatic carbocycles. The lowest BCUT2D eigenvalue weighted by Crippen LogP contribution is -2.19. The van der Waals surface area contributed by atoms with Crippen molar-refractivity contribution in [3.05, 3.63) is 18.2 Å². The number of nitrogens with one attached hydrogen (secondary N) is 2. The van der Waals surface area contributed by atoms with E-state index in [0.717, 1.165) is 0 Å². The monoisotopic (exact) mass is 273 g/mol. The number of aliphatic hydroxyl groups is 1. The summed E-state index contributed by atoms with van der Waals surface area (Å²) in [4.78, 5) is 0.128. The molecule has 0 aliphatic rings. The second-order valence-electron chi connectivity index (χ2n) is 4.13. The molecule has 0 bridgehead atoms. The molecular weight excluding hydrogens is 254 g/mol. The maximum atomic E-state index is 11.6. The molecule has 1 unspecified atom stereocenters. The van der Waals surface area contributed by atoms with Crippen LogP contribution in [0.1, 0.15) is 6.92 Å². The highest BCUT2D eigenvalue weighted by molar-refractivity contribution is 7.89. The zero-order chi connectivity index (χ0) is 13.8. The lowest BCUT2D eigenvalue weighted by atomic mass is 10.2. The third-order valence-corrected chi connectivity index (χ3v) is 3.97. The van der Waals surface area contributed by atoms with E-state index in [1.54, 1.807) is 6.07 Å². The average molecular weight is 273 g/mol. The quantitative estimate of drug-likeness (QED) is 0.555. The van der Waals surface area contributed by atoms with Gasteiger partial charge in [-0.1, -0.05) is 6.92 Å². The molecule has 0 saturated carbocycles. The molecule has 1 aromatic carbocycles. The van der Waals surface area contributed by atoms with E-state index in [1.807, 2.05) is 6.92 Å². The van der Waals surface area contributed by atoms with Gasteiger partial charge in [0.2, 0.25) is 10.0 Å². The van der Waals surface area contributed by atoms with Crippen LogP contribution in [0, 0.1) is 5.92 Å². The van der Waals surface area contributed by atoms with Crippen molar-refractivity contribution in [1.82, 2.24) is 4.72 Å². The van der Waals surface area contributed by atoms with E-state index in [1.165, 1.54) is 19.2 Å². The maximum absolute atomic E-state index is 11.6. The van der Waals surface area contributed by atoms with Gasteiger partial charge in [-0.25, -0.2) is 13.1 Å². The van der Waals surface area contributed by atoms with Crippen molar-refractivity contribution >= 4 is 21.4 Å². The zero-order valence-corrected chi connectivity index (χ0v) is 11.3. The van der Waals surface area contributed by atoms with Crippen LogP contribution in [0.25, 0.3) is 0 Å². The minimum absolute atomic E-state index is 0.0825. The van der Waals surface area contributed by atoms with E-state index in [0.29, 0.717) is 17.9 Å². The fourth-order valence-corrected chi connectivity index (χ4v) is 2.10. The fourth-order valence-electron chi connectivity index (χ4n) is 1.34. The van der Waals surface area contributed by atoms with Gasteiger partial charge in [0, 0.05) is 13.2 Å². The van der Waals surface area contributed by atoms with Crippen LogP contribution in [0.2, 0.25) is 0 Å². The lowest BCUT2D eigenvalue weighted by molar-refractivity contribution is 0.244. The van der Waals surface area contributed by atoms with Gasteiger partial charge in [0.1, 0.15) is 0 Å². The van der Waals surface area contributed by atoms with Crippen LogP contribution in [0.5, 0.6) is 0 Å². The summed E-state index contributed by atoms with van der Waals surface area (Å²) in [5.74, 6) is 0.102. The van der Waals surface area contributed by atoms with Crippen LogP contribution >= 0.6 is 0 Å². The molecule has 6 nitrogen and oxygen atoms in total. The molecule has 1 atom stereocenters. The topological polar surface area (TPSA) is 104 Å². The number of hydrogen-bond donors (Lipinski definition) is 4. The van der Waals surface area contributed by atoms with Crippen molar-refractivity contribution in [2.45, 2.75) is 11.8 Å². The average Bonchev–Trinajstić information content (AvgIpc) is 2.36. The second-order valence-corrected chi connectivity index (χ2v) is 6.01. The predicted molar refractivity (Wildman–Crippen MR) is 71.8 cm³/mol. The zero-order valence-electron chi connectivity index (χ0n) is 10.5. The first-order valence-electron chi connectivity index (χ1n) is 5.58. The van der Waals surface area contributed by atoms with E-state index in [4.69, 9.17) is 10.8 Å². The van der Waals surface area contributed by atoms with E-state index in [-0.39, 0.29) is 17.4 Å². The molecule has 0 heterocycles. The number of rotatable bonds is 6. The Hall–Kier alpha value is -1.31. The van der Waals surface area contributed by atoms with Crippen LogP contribution in [0.3, 0.4) is 0 Å². The molecule has 1 aromatic rings. The first-order chi connectivity index (χ1) is 8.40. The first-order valence-corrected chi connectivity index (χ1v) is 7.07. The van der Waals surface area contributed by atoms with Crippen molar-refractivity contribution in [2.24, 2.45) is 5.92 Å². The number of aliphatic hydroxyl groups excluding tert-OH is 1. The number of anilines is 2. The second kappa shape index (κ2) is 6.03. The molecule has 0 aliphatic heterocycles. The number of hydrogen-bond acceptors (Lipinski definition) is 5. The maximum Gasteiger partial charge on any atom is 0.240 e. The summed E-state index contributed by atoms with van der Waals surface area (Å²) in [5.41, 5.74) is 6.80. The summed E-state index contributed by atoms with van der Waals surface area (Å²) in [6, 6.07) is 4.50. The van der Waals surface area contributed by atoms with Crippen molar-refractivity contribution < 1.29 is 13.5 Å². The van der Waals surface area contributed by atoms with Crippen molar-refractivity contribution in [3.8, 4) is 0 Å². The van der Waals surface area contributed by atoms with Gasteiger partial charge in [-0.15, -0.1) is 0 Å². The highest BCUT2D eigenvalue weighted by Gasteiger charge is 2.13.